The van der Waals surface area contributed by atoms with E-state index in [-0.39, 0.29) is 6.04 Å². The second-order valence-electron chi connectivity index (χ2n) is 3.47. The van der Waals surface area contributed by atoms with Crippen LogP contribution in [0.3, 0.4) is 0 Å². The Morgan fingerprint density at radius 1 is 1.36 bits per heavy atom. The molecular weight excluding hydrogens is 180 g/mol. The molecule has 4 heteroatoms. The van der Waals surface area contributed by atoms with Crippen molar-refractivity contribution in [3.63, 3.8) is 0 Å². The Balaban J connectivity index is 2.59. The van der Waals surface area contributed by atoms with Crippen LogP contribution in [0.5, 0.6) is 0 Å². The zero-order chi connectivity index (χ0) is 10.3. The lowest BCUT2D eigenvalue weighted by Gasteiger charge is -2.19. The minimum atomic E-state index is -0.478. The smallest absolute Gasteiger partial charge is 0.287 e. The number of nitrogens with zero attached hydrogens (tertiary/aromatic N) is 2. The third-order valence-corrected chi connectivity index (χ3v) is 2.19. The van der Waals surface area contributed by atoms with E-state index in [4.69, 9.17) is 0 Å². The Labute approximate surface area is 81.6 Å². The van der Waals surface area contributed by atoms with Gasteiger partial charge in [-0.25, -0.2) is 4.98 Å². The maximum Gasteiger partial charge on any atom is 0.300 e. The molecular formula is C10H10N2O2. The van der Waals surface area contributed by atoms with Crippen molar-refractivity contribution < 1.29 is 9.59 Å². The second kappa shape index (κ2) is 2.90. The maximum absolute atomic E-state index is 11.5. The summed E-state index contributed by atoms with van der Waals surface area (Å²) in [5.41, 5.74) is 0.409. The van der Waals surface area contributed by atoms with Gasteiger partial charge in [-0.2, -0.15) is 0 Å². The lowest BCUT2D eigenvalue weighted by Crippen LogP contribution is -2.36. The molecule has 0 spiro atoms. The van der Waals surface area contributed by atoms with Gasteiger partial charge in [0.25, 0.3) is 5.78 Å². The van der Waals surface area contributed by atoms with Crippen LogP contribution in [0.2, 0.25) is 0 Å². The van der Waals surface area contributed by atoms with Crippen molar-refractivity contribution in [2.45, 2.75) is 19.9 Å². The summed E-state index contributed by atoms with van der Waals surface area (Å²) in [5, 5.41) is 0. The standard InChI is InChI=1S/C10H10N2O2/c1-6(2)12-9-7(4-3-5-11-9)8(13)10(12)14/h3-6H,1-2H3. The van der Waals surface area contributed by atoms with Crippen LogP contribution in [0.1, 0.15) is 24.2 Å². The number of hydrogen-bond donors (Lipinski definition) is 0. The van der Waals surface area contributed by atoms with Crippen LogP contribution < -0.4 is 4.90 Å². The number of ketones is 1. The van der Waals surface area contributed by atoms with Crippen molar-refractivity contribution in [3.8, 4) is 0 Å². The number of aromatic nitrogens is 1. The van der Waals surface area contributed by atoms with Crippen molar-refractivity contribution in [2.75, 3.05) is 4.90 Å². The minimum absolute atomic E-state index is 0.0393. The molecule has 72 valence electrons. The van der Waals surface area contributed by atoms with Gasteiger partial charge in [-0.15, -0.1) is 0 Å². The van der Waals surface area contributed by atoms with Crippen LogP contribution in [0.4, 0.5) is 5.82 Å². The Kier molecular flexibility index (Phi) is 1.84. The molecule has 0 N–H and O–H groups in total. The molecule has 0 unspecified atom stereocenters. The summed E-state index contributed by atoms with van der Waals surface area (Å²) in [4.78, 5) is 28.5. The number of amides is 1. The van der Waals surface area contributed by atoms with Crippen LogP contribution in [-0.2, 0) is 4.79 Å². The summed E-state index contributed by atoms with van der Waals surface area (Å²) < 4.78 is 0. The largest absolute Gasteiger partial charge is 0.300 e. The highest BCUT2D eigenvalue weighted by atomic mass is 16.2. The number of anilines is 1. The topological polar surface area (TPSA) is 50.3 Å². The SMILES string of the molecule is CC(C)N1C(=O)C(=O)c2cccnc21. The van der Waals surface area contributed by atoms with Gasteiger partial charge in [0, 0.05) is 12.2 Å². The fourth-order valence-electron chi connectivity index (χ4n) is 1.57. The van der Waals surface area contributed by atoms with Gasteiger partial charge in [-0.3, -0.25) is 14.5 Å². The quantitative estimate of drug-likeness (QED) is 0.621. The van der Waals surface area contributed by atoms with Gasteiger partial charge in [0.1, 0.15) is 5.82 Å². The Bertz CT molecular complexity index is 412. The van der Waals surface area contributed by atoms with Gasteiger partial charge in [0.05, 0.1) is 5.56 Å². The van der Waals surface area contributed by atoms with Crippen molar-refractivity contribution in [3.05, 3.63) is 23.9 Å². The van der Waals surface area contributed by atoms with Crippen LogP contribution in [-0.4, -0.2) is 22.7 Å². The summed E-state index contributed by atoms with van der Waals surface area (Å²) in [7, 11) is 0. The maximum atomic E-state index is 11.5. The molecule has 0 aliphatic carbocycles. The van der Waals surface area contributed by atoms with E-state index < -0.39 is 11.7 Å². The number of fused-ring (bicyclic) bond motifs is 1. The first-order valence-electron chi connectivity index (χ1n) is 4.46. The Morgan fingerprint density at radius 3 is 2.71 bits per heavy atom. The molecule has 1 aromatic heterocycles. The average molecular weight is 190 g/mol. The molecule has 0 saturated heterocycles. The highest BCUT2D eigenvalue weighted by molar-refractivity contribution is 6.52. The minimum Gasteiger partial charge on any atom is -0.287 e. The molecule has 0 aromatic carbocycles. The summed E-state index contributed by atoms with van der Waals surface area (Å²) in [6.45, 7) is 3.71. The monoisotopic (exact) mass is 190 g/mol. The predicted molar refractivity (Wildman–Crippen MR) is 51.2 cm³/mol. The molecule has 0 saturated carbocycles. The van der Waals surface area contributed by atoms with Crippen molar-refractivity contribution >= 4 is 17.5 Å². The first kappa shape index (κ1) is 8.87. The molecule has 0 atom stereocenters. The molecule has 1 aliphatic rings. The van der Waals surface area contributed by atoms with Crippen LogP contribution in [0, 0.1) is 0 Å². The fourth-order valence-corrected chi connectivity index (χ4v) is 1.57. The first-order valence-corrected chi connectivity index (χ1v) is 4.46. The molecule has 2 rings (SSSR count). The van der Waals surface area contributed by atoms with Crippen molar-refractivity contribution in [1.82, 2.24) is 4.98 Å². The summed E-state index contributed by atoms with van der Waals surface area (Å²) in [5.74, 6) is -0.451. The molecule has 1 amide bonds. The number of pyridine rings is 1. The summed E-state index contributed by atoms with van der Waals surface area (Å²) in [6, 6.07) is 3.25. The number of hydrogen-bond acceptors (Lipinski definition) is 3. The van der Waals surface area contributed by atoms with E-state index >= 15 is 0 Å². The van der Waals surface area contributed by atoms with Gasteiger partial charge in [0.15, 0.2) is 0 Å². The molecule has 2 heterocycles. The number of carbonyl (C=O) groups is 2. The van der Waals surface area contributed by atoms with E-state index in [9.17, 15) is 9.59 Å². The number of Topliss-reactive ketones (excluding diaryl/α,β-unsaturated/α-hetero) is 1. The van der Waals surface area contributed by atoms with Crippen LogP contribution in [0.25, 0.3) is 0 Å². The highest BCUT2D eigenvalue weighted by Crippen LogP contribution is 2.27. The van der Waals surface area contributed by atoms with E-state index in [0.29, 0.717) is 11.4 Å². The molecule has 0 bridgehead atoms. The molecule has 1 aliphatic heterocycles. The Hall–Kier alpha value is -1.71. The number of rotatable bonds is 1. The molecule has 0 radical (unpaired) electrons. The van der Waals surface area contributed by atoms with Crippen LogP contribution >= 0.6 is 0 Å². The van der Waals surface area contributed by atoms with Gasteiger partial charge < -0.3 is 0 Å². The van der Waals surface area contributed by atoms with E-state index in [1.54, 1.807) is 18.3 Å². The third kappa shape index (κ3) is 1.04. The van der Waals surface area contributed by atoms with Gasteiger partial charge in [-0.1, -0.05) is 0 Å². The molecule has 14 heavy (non-hydrogen) atoms. The molecule has 1 aromatic rings. The van der Waals surface area contributed by atoms with Gasteiger partial charge in [0.2, 0.25) is 0 Å². The predicted octanol–water partition coefficient (Wildman–Crippen LogP) is 1.02. The van der Waals surface area contributed by atoms with Gasteiger partial charge in [-0.05, 0) is 26.0 Å². The van der Waals surface area contributed by atoms with Crippen molar-refractivity contribution in [2.24, 2.45) is 0 Å². The van der Waals surface area contributed by atoms with Crippen LogP contribution in [0.15, 0.2) is 18.3 Å². The highest BCUT2D eigenvalue weighted by Gasteiger charge is 2.37. The first-order chi connectivity index (χ1) is 6.63. The summed E-state index contributed by atoms with van der Waals surface area (Å²) >= 11 is 0. The summed E-state index contributed by atoms with van der Waals surface area (Å²) in [6.07, 6.45) is 1.58. The normalized spacial score (nSPS) is 15.2. The van der Waals surface area contributed by atoms with E-state index in [1.165, 1.54) is 4.90 Å². The van der Waals surface area contributed by atoms with E-state index in [0.717, 1.165) is 0 Å². The van der Waals surface area contributed by atoms with E-state index in [1.807, 2.05) is 13.8 Å². The van der Waals surface area contributed by atoms with Gasteiger partial charge >= 0.3 is 5.91 Å². The zero-order valence-corrected chi connectivity index (χ0v) is 8.02. The second-order valence-corrected chi connectivity index (χ2v) is 3.47. The lowest BCUT2D eigenvalue weighted by atomic mass is 10.2. The average Bonchev–Trinajstić information content (AvgIpc) is 2.41. The fraction of sp³-hybridized carbons (Fsp3) is 0.300. The Morgan fingerprint density at radius 2 is 2.07 bits per heavy atom. The molecule has 0 fully saturated rings. The lowest BCUT2D eigenvalue weighted by molar-refractivity contribution is -0.114. The third-order valence-electron chi connectivity index (χ3n) is 2.19. The zero-order valence-electron chi connectivity index (χ0n) is 8.02. The molecule has 4 nitrogen and oxygen atoms in total. The van der Waals surface area contributed by atoms with Crippen molar-refractivity contribution in [1.29, 1.82) is 0 Å². The number of carbonyl (C=O) groups excluding carboxylic acids is 2. The van der Waals surface area contributed by atoms with E-state index in [2.05, 4.69) is 4.98 Å².